The molecule has 2 rings (SSSR count). The minimum absolute atomic E-state index is 0.0679. The van der Waals surface area contributed by atoms with Gasteiger partial charge in [0.25, 0.3) is 0 Å². The van der Waals surface area contributed by atoms with E-state index in [1.807, 2.05) is 0 Å². The van der Waals surface area contributed by atoms with Crippen LogP contribution in [0.4, 0.5) is 16.2 Å². The van der Waals surface area contributed by atoms with Gasteiger partial charge in [-0.3, -0.25) is 4.79 Å². The van der Waals surface area contributed by atoms with Crippen LogP contribution < -0.4 is 15.5 Å². The number of nitrogens with zero attached hydrogens (tertiary/aromatic N) is 1. The molecule has 1 aliphatic heterocycles. The molecule has 1 unspecified atom stereocenters. The smallest absolute Gasteiger partial charge is 0.319 e. The first kappa shape index (κ1) is 17.6. The van der Waals surface area contributed by atoms with Crippen LogP contribution in [0.5, 0.6) is 0 Å². The molecule has 126 valence electrons. The zero-order valence-electron chi connectivity index (χ0n) is 13.5. The van der Waals surface area contributed by atoms with Gasteiger partial charge in [0.1, 0.15) is 0 Å². The highest BCUT2D eigenvalue weighted by molar-refractivity contribution is 6.33. The Bertz CT molecular complexity index is 613. The Kier molecular flexibility index (Phi) is 5.16. The lowest BCUT2D eigenvalue weighted by Crippen LogP contribution is -2.48. The van der Waals surface area contributed by atoms with E-state index in [1.165, 1.54) is 0 Å². The largest absolute Gasteiger partial charge is 0.388 e. The van der Waals surface area contributed by atoms with Crippen molar-refractivity contribution in [1.29, 1.82) is 0 Å². The van der Waals surface area contributed by atoms with Crippen molar-refractivity contribution in [2.75, 3.05) is 16.8 Å². The first-order valence-electron chi connectivity index (χ1n) is 7.58. The molecule has 1 aromatic rings. The molecule has 3 amide bonds. The summed E-state index contributed by atoms with van der Waals surface area (Å²) in [6.07, 6.45) is 1.36. The predicted molar refractivity (Wildman–Crippen MR) is 91.0 cm³/mol. The van der Waals surface area contributed by atoms with Crippen molar-refractivity contribution >= 4 is 34.9 Å². The average Bonchev–Trinajstić information content (AvgIpc) is 2.86. The van der Waals surface area contributed by atoms with E-state index in [0.717, 1.165) is 6.42 Å². The number of nitrogens with one attached hydrogen (secondary N) is 2. The quantitative estimate of drug-likeness (QED) is 0.789. The van der Waals surface area contributed by atoms with E-state index in [1.54, 1.807) is 43.9 Å². The molecule has 1 fully saturated rings. The molecule has 1 aliphatic rings. The highest BCUT2D eigenvalue weighted by Gasteiger charge is 2.25. The summed E-state index contributed by atoms with van der Waals surface area (Å²) in [5, 5.41) is 15.6. The summed E-state index contributed by atoms with van der Waals surface area (Å²) in [6.45, 7) is 5.61. The van der Waals surface area contributed by atoms with Gasteiger partial charge >= 0.3 is 6.03 Å². The molecule has 1 heterocycles. The van der Waals surface area contributed by atoms with E-state index < -0.39 is 17.7 Å². The van der Waals surface area contributed by atoms with Gasteiger partial charge in [0.2, 0.25) is 5.91 Å². The zero-order valence-corrected chi connectivity index (χ0v) is 14.3. The fourth-order valence-corrected chi connectivity index (χ4v) is 2.39. The average molecular weight is 340 g/mol. The molecule has 0 spiro atoms. The number of benzene rings is 1. The van der Waals surface area contributed by atoms with Crippen LogP contribution in [0.2, 0.25) is 5.02 Å². The summed E-state index contributed by atoms with van der Waals surface area (Å²) in [5.74, 6) is 0.0679. The van der Waals surface area contributed by atoms with E-state index >= 15 is 0 Å². The Hall–Kier alpha value is -1.79. The summed E-state index contributed by atoms with van der Waals surface area (Å²) in [4.78, 5) is 25.5. The first-order valence-corrected chi connectivity index (χ1v) is 7.96. The zero-order chi connectivity index (χ0) is 17.2. The third-order valence-corrected chi connectivity index (χ3v) is 4.32. The second-order valence-corrected chi connectivity index (χ2v) is 6.69. The van der Waals surface area contributed by atoms with Crippen molar-refractivity contribution in [3.05, 3.63) is 23.2 Å². The van der Waals surface area contributed by atoms with Crippen molar-refractivity contribution in [2.45, 2.75) is 45.3 Å². The molecule has 0 saturated carbocycles. The minimum Gasteiger partial charge on any atom is -0.388 e. The van der Waals surface area contributed by atoms with Crippen LogP contribution in [-0.2, 0) is 4.79 Å². The van der Waals surface area contributed by atoms with Gasteiger partial charge in [-0.1, -0.05) is 11.6 Å². The molecule has 0 bridgehead atoms. The van der Waals surface area contributed by atoms with E-state index in [9.17, 15) is 14.7 Å². The predicted octanol–water partition coefficient (Wildman–Crippen LogP) is 2.75. The standard InChI is InChI=1S/C16H22ClN3O3/c1-10(16(2,3)23)18-15(22)19-13-9-11(6-7-12(13)17)20-8-4-5-14(20)21/h6-7,9-10,23H,4-5,8H2,1-3H3,(H2,18,19,22). The second-order valence-electron chi connectivity index (χ2n) is 6.29. The molecule has 1 aromatic carbocycles. The highest BCUT2D eigenvalue weighted by atomic mass is 35.5. The number of anilines is 2. The third kappa shape index (κ3) is 4.36. The maximum Gasteiger partial charge on any atom is 0.319 e. The highest BCUT2D eigenvalue weighted by Crippen LogP contribution is 2.29. The van der Waals surface area contributed by atoms with Gasteiger partial charge in [0, 0.05) is 18.7 Å². The Morgan fingerprint density at radius 3 is 2.70 bits per heavy atom. The topological polar surface area (TPSA) is 81.7 Å². The van der Waals surface area contributed by atoms with Crippen molar-refractivity contribution in [1.82, 2.24) is 5.32 Å². The molecule has 1 atom stereocenters. The monoisotopic (exact) mass is 339 g/mol. The van der Waals surface area contributed by atoms with Gasteiger partial charge in [-0.25, -0.2) is 4.79 Å². The number of hydrogen-bond donors (Lipinski definition) is 3. The van der Waals surface area contributed by atoms with E-state index in [-0.39, 0.29) is 5.91 Å². The van der Waals surface area contributed by atoms with Crippen LogP contribution in [0.3, 0.4) is 0 Å². The summed E-state index contributed by atoms with van der Waals surface area (Å²) >= 11 is 6.11. The Morgan fingerprint density at radius 2 is 2.13 bits per heavy atom. The lowest BCUT2D eigenvalue weighted by atomic mass is 10.0. The van der Waals surface area contributed by atoms with Gasteiger partial charge in [-0.15, -0.1) is 0 Å². The molecule has 7 heteroatoms. The SMILES string of the molecule is CC(NC(=O)Nc1cc(N2CCCC2=O)ccc1Cl)C(C)(C)O. The van der Waals surface area contributed by atoms with Crippen molar-refractivity contribution in [3.8, 4) is 0 Å². The van der Waals surface area contributed by atoms with Crippen LogP contribution in [0.1, 0.15) is 33.6 Å². The lowest BCUT2D eigenvalue weighted by molar-refractivity contribution is -0.117. The van der Waals surface area contributed by atoms with Gasteiger partial charge < -0.3 is 20.6 Å². The lowest BCUT2D eigenvalue weighted by Gasteiger charge is -2.27. The van der Waals surface area contributed by atoms with Gasteiger partial charge in [0.05, 0.1) is 22.4 Å². The second kappa shape index (κ2) is 6.76. The molecule has 0 radical (unpaired) electrons. The molecule has 1 saturated heterocycles. The Balaban J connectivity index is 2.10. The summed E-state index contributed by atoms with van der Waals surface area (Å²) in [5.41, 5.74) is 0.0948. The van der Waals surface area contributed by atoms with E-state index in [0.29, 0.717) is 29.4 Å². The fraction of sp³-hybridized carbons (Fsp3) is 0.500. The molecule has 0 aliphatic carbocycles. The number of amides is 3. The molecule has 3 N–H and O–H groups in total. The number of carbonyl (C=O) groups excluding carboxylic acids is 2. The fourth-order valence-electron chi connectivity index (χ4n) is 2.23. The number of carbonyl (C=O) groups is 2. The number of aliphatic hydroxyl groups is 1. The molecular weight excluding hydrogens is 318 g/mol. The minimum atomic E-state index is -1.04. The van der Waals surface area contributed by atoms with E-state index in [2.05, 4.69) is 10.6 Å². The van der Waals surface area contributed by atoms with Crippen LogP contribution in [0.15, 0.2) is 18.2 Å². The maximum absolute atomic E-state index is 12.0. The molecular formula is C16H22ClN3O3. The van der Waals surface area contributed by atoms with Crippen molar-refractivity contribution in [3.63, 3.8) is 0 Å². The molecule has 23 heavy (non-hydrogen) atoms. The first-order chi connectivity index (χ1) is 10.7. The maximum atomic E-state index is 12.0. The third-order valence-electron chi connectivity index (χ3n) is 3.99. The summed E-state index contributed by atoms with van der Waals surface area (Å²) in [6, 6.07) is 4.18. The van der Waals surface area contributed by atoms with Gasteiger partial charge in [-0.2, -0.15) is 0 Å². The van der Waals surface area contributed by atoms with Crippen LogP contribution >= 0.6 is 11.6 Å². The Morgan fingerprint density at radius 1 is 1.43 bits per heavy atom. The number of urea groups is 1. The summed E-state index contributed by atoms with van der Waals surface area (Å²) in [7, 11) is 0. The van der Waals surface area contributed by atoms with Crippen LogP contribution in [0, 0.1) is 0 Å². The van der Waals surface area contributed by atoms with Crippen LogP contribution in [0.25, 0.3) is 0 Å². The summed E-state index contributed by atoms with van der Waals surface area (Å²) < 4.78 is 0. The number of halogens is 1. The van der Waals surface area contributed by atoms with Gasteiger partial charge in [0.15, 0.2) is 0 Å². The Labute approximate surface area is 140 Å². The molecule has 6 nitrogen and oxygen atoms in total. The number of hydrogen-bond acceptors (Lipinski definition) is 3. The van der Waals surface area contributed by atoms with E-state index in [4.69, 9.17) is 11.6 Å². The number of rotatable bonds is 4. The van der Waals surface area contributed by atoms with Gasteiger partial charge in [-0.05, 0) is 45.4 Å². The van der Waals surface area contributed by atoms with Crippen molar-refractivity contribution in [2.24, 2.45) is 0 Å². The molecule has 0 aromatic heterocycles. The van der Waals surface area contributed by atoms with Crippen molar-refractivity contribution < 1.29 is 14.7 Å². The normalized spacial score (nSPS) is 16.4. The van der Waals surface area contributed by atoms with Crippen LogP contribution in [-0.4, -0.2) is 35.2 Å².